The minimum absolute atomic E-state index is 0.104. The zero-order valence-corrected chi connectivity index (χ0v) is 12.8. The fourth-order valence-electron chi connectivity index (χ4n) is 2.09. The SMILES string of the molecule is CCn1nc(C)c(S(=O)(=O)NCc2cn(C)nn2)c1C. The number of hydrogen-bond donors (Lipinski definition) is 1. The number of hydrogen-bond acceptors (Lipinski definition) is 5. The number of aromatic nitrogens is 5. The van der Waals surface area contributed by atoms with Gasteiger partial charge in [-0.3, -0.25) is 9.36 Å². The summed E-state index contributed by atoms with van der Waals surface area (Å²) in [5.74, 6) is 0. The van der Waals surface area contributed by atoms with Crippen LogP contribution in [-0.4, -0.2) is 33.2 Å². The molecule has 0 aliphatic rings. The van der Waals surface area contributed by atoms with Gasteiger partial charge < -0.3 is 0 Å². The average molecular weight is 298 g/mol. The first-order valence-electron chi connectivity index (χ1n) is 6.24. The molecule has 0 fully saturated rings. The summed E-state index contributed by atoms with van der Waals surface area (Å²) >= 11 is 0. The Labute approximate surface area is 117 Å². The largest absolute Gasteiger partial charge is 0.268 e. The van der Waals surface area contributed by atoms with Gasteiger partial charge in [-0.05, 0) is 20.8 Å². The lowest BCUT2D eigenvalue weighted by molar-refractivity contribution is 0.578. The topological polar surface area (TPSA) is 94.7 Å². The number of nitrogens with zero attached hydrogens (tertiary/aromatic N) is 5. The molecule has 20 heavy (non-hydrogen) atoms. The Morgan fingerprint density at radius 1 is 1.35 bits per heavy atom. The molecule has 2 aromatic heterocycles. The number of rotatable bonds is 5. The molecule has 0 aliphatic heterocycles. The molecule has 0 aliphatic carbocycles. The highest BCUT2D eigenvalue weighted by atomic mass is 32.2. The van der Waals surface area contributed by atoms with Gasteiger partial charge >= 0.3 is 0 Å². The van der Waals surface area contributed by atoms with Crippen molar-refractivity contribution in [3.05, 3.63) is 23.3 Å². The highest BCUT2D eigenvalue weighted by molar-refractivity contribution is 7.89. The Bertz CT molecular complexity index is 715. The Hall–Kier alpha value is -1.74. The van der Waals surface area contributed by atoms with Crippen LogP contribution in [0.5, 0.6) is 0 Å². The van der Waals surface area contributed by atoms with Crippen LogP contribution in [0.25, 0.3) is 0 Å². The quantitative estimate of drug-likeness (QED) is 0.846. The van der Waals surface area contributed by atoms with E-state index in [4.69, 9.17) is 0 Å². The lowest BCUT2D eigenvalue weighted by Crippen LogP contribution is -2.24. The van der Waals surface area contributed by atoms with E-state index in [1.165, 1.54) is 4.68 Å². The molecule has 0 unspecified atom stereocenters. The summed E-state index contributed by atoms with van der Waals surface area (Å²) in [6.45, 7) is 6.10. The maximum Gasteiger partial charge on any atom is 0.244 e. The van der Waals surface area contributed by atoms with Crippen LogP contribution in [0.4, 0.5) is 0 Å². The van der Waals surface area contributed by atoms with Gasteiger partial charge in [0.05, 0.1) is 23.6 Å². The summed E-state index contributed by atoms with van der Waals surface area (Å²) in [7, 11) is -1.88. The first-order chi connectivity index (χ1) is 9.35. The zero-order chi connectivity index (χ0) is 14.9. The van der Waals surface area contributed by atoms with Crippen molar-refractivity contribution in [2.75, 3.05) is 0 Å². The summed E-state index contributed by atoms with van der Waals surface area (Å²) in [5, 5.41) is 11.8. The molecule has 0 amide bonds. The number of aryl methyl sites for hydroxylation is 3. The minimum Gasteiger partial charge on any atom is -0.268 e. The van der Waals surface area contributed by atoms with Gasteiger partial charge in [-0.1, -0.05) is 5.21 Å². The molecule has 0 bridgehead atoms. The van der Waals surface area contributed by atoms with E-state index in [0.717, 1.165) is 0 Å². The van der Waals surface area contributed by atoms with Crippen LogP contribution in [-0.2, 0) is 30.2 Å². The predicted octanol–water partition coefficient (Wildman–Crippen LogP) is 0.127. The maximum absolute atomic E-state index is 12.4. The van der Waals surface area contributed by atoms with Gasteiger partial charge in [0.25, 0.3) is 0 Å². The van der Waals surface area contributed by atoms with Crippen molar-refractivity contribution < 1.29 is 8.42 Å². The van der Waals surface area contributed by atoms with Gasteiger partial charge in [0, 0.05) is 19.8 Å². The van der Waals surface area contributed by atoms with Crippen molar-refractivity contribution >= 4 is 10.0 Å². The van der Waals surface area contributed by atoms with Gasteiger partial charge in [0.1, 0.15) is 4.90 Å². The molecule has 8 nitrogen and oxygen atoms in total. The van der Waals surface area contributed by atoms with Crippen LogP contribution in [0.2, 0.25) is 0 Å². The van der Waals surface area contributed by atoms with Crippen molar-refractivity contribution in [1.29, 1.82) is 0 Å². The zero-order valence-electron chi connectivity index (χ0n) is 12.0. The van der Waals surface area contributed by atoms with Crippen molar-refractivity contribution in [2.24, 2.45) is 7.05 Å². The molecule has 0 aromatic carbocycles. The van der Waals surface area contributed by atoms with Crippen molar-refractivity contribution in [1.82, 2.24) is 29.5 Å². The van der Waals surface area contributed by atoms with E-state index in [1.54, 1.807) is 31.8 Å². The molecular formula is C11H18N6O2S. The van der Waals surface area contributed by atoms with Crippen LogP contribution in [0.1, 0.15) is 24.0 Å². The van der Waals surface area contributed by atoms with Crippen molar-refractivity contribution in [2.45, 2.75) is 38.8 Å². The lowest BCUT2D eigenvalue weighted by Gasteiger charge is -2.06. The monoisotopic (exact) mass is 298 g/mol. The molecule has 2 rings (SSSR count). The average Bonchev–Trinajstić information content (AvgIpc) is 2.91. The highest BCUT2D eigenvalue weighted by Gasteiger charge is 2.24. The Balaban J connectivity index is 2.24. The molecule has 0 atom stereocenters. The molecule has 1 N–H and O–H groups in total. The Morgan fingerprint density at radius 2 is 2.05 bits per heavy atom. The summed E-state index contributed by atoms with van der Waals surface area (Å²) in [6.07, 6.45) is 1.66. The third-order valence-corrected chi connectivity index (χ3v) is 4.63. The third kappa shape index (κ3) is 2.73. The highest BCUT2D eigenvalue weighted by Crippen LogP contribution is 2.19. The maximum atomic E-state index is 12.4. The van der Waals surface area contributed by atoms with Crippen LogP contribution in [0.3, 0.4) is 0 Å². The van der Waals surface area contributed by atoms with Gasteiger partial charge in [-0.15, -0.1) is 5.10 Å². The minimum atomic E-state index is -3.61. The van der Waals surface area contributed by atoms with Gasteiger partial charge in [0.15, 0.2) is 0 Å². The molecular weight excluding hydrogens is 280 g/mol. The van der Waals surface area contributed by atoms with Gasteiger partial charge in [-0.2, -0.15) is 5.10 Å². The van der Waals surface area contributed by atoms with Gasteiger partial charge in [0.2, 0.25) is 10.0 Å². The fourth-order valence-corrected chi connectivity index (χ4v) is 3.50. The summed E-state index contributed by atoms with van der Waals surface area (Å²) < 4.78 is 30.5. The first-order valence-corrected chi connectivity index (χ1v) is 7.72. The first kappa shape index (κ1) is 14.7. The van der Waals surface area contributed by atoms with Crippen LogP contribution < -0.4 is 4.72 Å². The van der Waals surface area contributed by atoms with E-state index < -0.39 is 10.0 Å². The smallest absolute Gasteiger partial charge is 0.244 e. The van der Waals surface area contributed by atoms with E-state index in [-0.39, 0.29) is 11.4 Å². The normalized spacial score (nSPS) is 12.0. The molecule has 9 heteroatoms. The summed E-state index contributed by atoms with van der Waals surface area (Å²) in [4.78, 5) is 0.239. The van der Waals surface area contributed by atoms with Crippen LogP contribution in [0, 0.1) is 13.8 Å². The van der Waals surface area contributed by atoms with E-state index in [9.17, 15) is 8.42 Å². The molecule has 2 aromatic rings. The Kier molecular flexibility index (Phi) is 3.91. The lowest BCUT2D eigenvalue weighted by atomic mass is 10.4. The molecule has 110 valence electrons. The van der Waals surface area contributed by atoms with Crippen molar-refractivity contribution in [3.63, 3.8) is 0 Å². The van der Waals surface area contributed by atoms with E-state index in [0.29, 0.717) is 23.6 Å². The second-order valence-corrected chi connectivity index (χ2v) is 6.23. The molecule has 0 saturated heterocycles. The van der Waals surface area contributed by atoms with Gasteiger partial charge in [-0.25, -0.2) is 13.1 Å². The van der Waals surface area contributed by atoms with Crippen LogP contribution in [0.15, 0.2) is 11.1 Å². The predicted molar refractivity (Wildman–Crippen MR) is 72.4 cm³/mol. The second kappa shape index (κ2) is 5.33. The molecule has 0 saturated carbocycles. The Morgan fingerprint density at radius 3 is 2.55 bits per heavy atom. The standard InChI is InChI=1S/C11H18N6O2S/c1-5-17-9(3)11(8(2)14-17)20(18,19)12-6-10-7-16(4)15-13-10/h7,12H,5-6H2,1-4H3. The molecule has 2 heterocycles. The van der Waals surface area contributed by atoms with Crippen LogP contribution >= 0.6 is 0 Å². The fraction of sp³-hybridized carbons (Fsp3) is 0.545. The van der Waals surface area contributed by atoms with E-state index >= 15 is 0 Å². The summed E-state index contributed by atoms with van der Waals surface area (Å²) in [5.41, 5.74) is 1.70. The number of sulfonamides is 1. The number of nitrogens with one attached hydrogen (secondary N) is 1. The van der Waals surface area contributed by atoms with E-state index in [2.05, 4.69) is 20.1 Å². The third-order valence-electron chi connectivity index (χ3n) is 2.98. The van der Waals surface area contributed by atoms with Crippen molar-refractivity contribution in [3.8, 4) is 0 Å². The summed E-state index contributed by atoms with van der Waals surface area (Å²) in [6, 6.07) is 0. The van der Waals surface area contributed by atoms with E-state index in [1.807, 2.05) is 6.92 Å². The molecule has 0 radical (unpaired) electrons. The molecule has 0 spiro atoms. The second-order valence-electron chi connectivity index (χ2n) is 4.52.